The number of H-pyrrole nitrogens is 1. The molecule has 0 radical (unpaired) electrons. The van der Waals surface area contributed by atoms with E-state index >= 15 is 0 Å². The highest BCUT2D eigenvalue weighted by Crippen LogP contribution is 2.33. The number of non-ortho nitro benzene ring substituents is 1. The number of aromatic nitrogens is 2. The van der Waals surface area contributed by atoms with Crippen molar-refractivity contribution >= 4 is 17.3 Å². The normalized spacial score (nSPS) is 11.4. The number of nitrogens with zero attached hydrogens (tertiary/aromatic N) is 2. The van der Waals surface area contributed by atoms with E-state index in [9.17, 15) is 37.3 Å². The number of nitro groups is 1. The summed E-state index contributed by atoms with van der Waals surface area (Å²) >= 11 is 5.89. The van der Waals surface area contributed by atoms with Crippen LogP contribution in [0.15, 0.2) is 52.1 Å². The van der Waals surface area contributed by atoms with Crippen molar-refractivity contribution in [3.63, 3.8) is 0 Å². The molecule has 1 heterocycles. The SMILES string of the molecule is O=c1cc(C(F)(F)F)[nH]c(=O)n1-c1cc(Oc2ccc([N+](=O)[O-])cc2)c(Cl)cc1F. The first-order chi connectivity index (χ1) is 14.0. The third-order valence-corrected chi connectivity index (χ3v) is 4.05. The lowest BCUT2D eigenvalue weighted by atomic mass is 10.2. The zero-order chi connectivity index (χ0) is 22.2. The van der Waals surface area contributed by atoms with E-state index in [-0.39, 0.29) is 32.8 Å². The number of hydrogen-bond donors (Lipinski definition) is 1. The van der Waals surface area contributed by atoms with Crippen molar-refractivity contribution < 1.29 is 27.2 Å². The smallest absolute Gasteiger partial charge is 0.431 e. The van der Waals surface area contributed by atoms with Crippen molar-refractivity contribution in [2.45, 2.75) is 6.18 Å². The Bertz CT molecular complexity index is 1220. The predicted octanol–water partition coefficient (Wildman–Crippen LogP) is 4.04. The van der Waals surface area contributed by atoms with Crippen LogP contribution in [0.25, 0.3) is 5.69 Å². The fourth-order valence-electron chi connectivity index (χ4n) is 2.41. The van der Waals surface area contributed by atoms with Gasteiger partial charge in [-0.2, -0.15) is 13.2 Å². The van der Waals surface area contributed by atoms with Crippen LogP contribution in [-0.2, 0) is 6.18 Å². The van der Waals surface area contributed by atoms with Gasteiger partial charge in [0.05, 0.1) is 15.6 Å². The number of aromatic amines is 1. The highest BCUT2D eigenvalue weighted by Gasteiger charge is 2.33. The van der Waals surface area contributed by atoms with Crippen LogP contribution in [0.4, 0.5) is 23.2 Å². The number of halogens is 5. The molecular formula is C17H8ClF4N3O5. The highest BCUT2D eigenvalue weighted by atomic mass is 35.5. The molecule has 30 heavy (non-hydrogen) atoms. The zero-order valence-corrected chi connectivity index (χ0v) is 15.1. The standard InChI is InChI=1S/C17H8ClF4N3O5/c18-10-5-11(19)12(24-15(26)7-14(17(20,21)22)23-16(24)27)6-13(10)30-9-3-1-8(2-4-9)25(28)29/h1-7H,(H,23,27). The minimum Gasteiger partial charge on any atom is -0.456 e. The fraction of sp³-hybridized carbons (Fsp3) is 0.0588. The monoisotopic (exact) mass is 445 g/mol. The minimum absolute atomic E-state index is 0.0498. The van der Waals surface area contributed by atoms with Gasteiger partial charge in [-0.15, -0.1) is 0 Å². The summed E-state index contributed by atoms with van der Waals surface area (Å²) in [5.74, 6) is -1.38. The summed E-state index contributed by atoms with van der Waals surface area (Å²) in [6.45, 7) is 0. The van der Waals surface area contributed by atoms with Gasteiger partial charge in [-0.25, -0.2) is 13.8 Å². The zero-order valence-electron chi connectivity index (χ0n) is 14.4. The number of alkyl halides is 3. The van der Waals surface area contributed by atoms with E-state index < -0.39 is 39.5 Å². The molecule has 13 heteroatoms. The Morgan fingerprint density at radius 2 is 1.73 bits per heavy atom. The molecule has 0 unspecified atom stereocenters. The summed E-state index contributed by atoms with van der Waals surface area (Å²) in [4.78, 5) is 35.6. The van der Waals surface area contributed by atoms with Gasteiger partial charge in [-0.05, 0) is 18.2 Å². The van der Waals surface area contributed by atoms with Crippen LogP contribution in [-0.4, -0.2) is 14.5 Å². The number of rotatable bonds is 4. The average Bonchev–Trinajstić information content (AvgIpc) is 2.64. The topological polar surface area (TPSA) is 107 Å². The predicted molar refractivity (Wildman–Crippen MR) is 95.8 cm³/mol. The Morgan fingerprint density at radius 1 is 1.10 bits per heavy atom. The first kappa shape index (κ1) is 21.0. The van der Waals surface area contributed by atoms with Gasteiger partial charge in [-0.3, -0.25) is 14.9 Å². The van der Waals surface area contributed by atoms with E-state index in [1.165, 1.54) is 17.1 Å². The average molecular weight is 446 g/mol. The maximum absolute atomic E-state index is 14.3. The molecule has 3 aromatic rings. The van der Waals surface area contributed by atoms with Crippen molar-refractivity contribution in [3.8, 4) is 17.2 Å². The Hall–Kier alpha value is -3.67. The van der Waals surface area contributed by atoms with Crippen LogP contribution >= 0.6 is 11.6 Å². The van der Waals surface area contributed by atoms with E-state index in [1.54, 1.807) is 0 Å². The van der Waals surface area contributed by atoms with Gasteiger partial charge in [0.15, 0.2) is 0 Å². The van der Waals surface area contributed by atoms with Crippen molar-refractivity contribution in [1.29, 1.82) is 0 Å². The Labute approximate surface area is 168 Å². The molecular weight excluding hydrogens is 438 g/mol. The van der Waals surface area contributed by atoms with Crippen molar-refractivity contribution in [2.24, 2.45) is 0 Å². The Kier molecular flexibility index (Phi) is 5.35. The molecule has 0 bridgehead atoms. The molecule has 0 fully saturated rings. The van der Waals surface area contributed by atoms with Crippen LogP contribution in [0.5, 0.6) is 11.5 Å². The maximum Gasteiger partial charge on any atom is 0.431 e. The molecule has 0 amide bonds. The van der Waals surface area contributed by atoms with Gasteiger partial charge in [0.25, 0.3) is 11.2 Å². The molecule has 156 valence electrons. The van der Waals surface area contributed by atoms with Crippen LogP contribution in [0, 0.1) is 15.9 Å². The fourth-order valence-corrected chi connectivity index (χ4v) is 2.60. The maximum atomic E-state index is 14.3. The summed E-state index contributed by atoms with van der Waals surface area (Å²) in [6, 6.07) is 6.32. The second kappa shape index (κ2) is 7.63. The molecule has 0 saturated carbocycles. The van der Waals surface area contributed by atoms with E-state index in [2.05, 4.69) is 0 Å². The summed E-state index contributed by atoms with van der Waals surface area (Å²) < 4.78 is 58.1. The van der Waals surface area contributed by atoms with Crippen molar-refractivity contribution in [3.05, 3.63) is 90.0 Å². The number of nitro benzene ring substituents is 1. The first-order valence-electron chi connectivity index (χ1n) is 7.82. The number of hydrogen-bond acceptors (Lipinski definition) is 5. The lowest BCUT2D eigenvalue weighted by Gasteiger charge is -2.13. The molecule has 1 aromatic heterocycles. The van der Waals surface area contributed by atoms with Gasteiger partial charge in [0.2, 0.25) is 0 Å². The Morgan fingerprint density at radius 3 is 2.27 bits per heavy atom. The van der Waals surface area contributed by atoms with E-state index in [0.717, 1.165) is 18.2 Å². The number of nitrogens with one attached hydrogen (secondary N) is 1. The molecule has 0 spiro atoms. The number of ether oxygens (including phenoxy) is 1. The molecule has 1 N–H and O–H groups in total. The van der Waals surface area contributed by atoms with Gasteiger partial charge >= 0.3 is 11.9 Å². The largest absolute Gasteiger partial charge is 0.456 e. The van der Waals surface area contributed by atoms with Crippen LogP contribution in [0.3, 0.4) is 0 Å². The minimum atomic E-state index is -4.99. The molecule has 8 nitrogen and oxygen atoms in total. The lowest BCUT2D eigenvalue weighted by Crippen LogP contribution is -2.36. The molecule has 0 aliphatic heterocycles. The lowest BCUT2D eigenvalue weighted by molar-refractivity contribution is -0.384. The second-order valence-corrected chi connectivity index (χ2v) is 6.15. The Balaban J connectivity index is 2.07. The van der Waals surface area contributed by atoms with Crippen molar-refractivity contribution in [2.75, 3.05) is 0 Å². The first-order valence-corrected chi connectivity index (χ1v) is 8.20. The highest BCUT2D eigenvalue weighted by molar-refractivity contribution is 6.32. The van der Waals surface area contributed by atoms with Gasteiger partial charge in [-0.1, -0.05) is 11.6 Å². The molecule has 2 aromatic carbocycles. The van der Waals surface area contributed by atoms with Crippen LogP contribution in [0.2, 0.25) is 5.02 Å². The second-order valence-electron chi connectivity index (χ2n) is 5.75. The van der Waals surface area contributed by atoms with E-state index in [0.29, 0.717) is 6.07 Å². The van der Waals surface area contributed by atoms with Gasteiger partial charge < -0.3 is 9.72 Å². The summed E-state index contributed by atoms with van der Waals surface area (Å²) in [5, 5.41) is 10.4. The third-order valence-electron chi connectivity index (χ3n) is 3.76. The number of benzene rings is 2. The molecule has 3 rings (SSSR count). The van der Waals surface area contributed by atoms with Gasteiger partial charge in [0.1, 0.15) is 23.0 Å². The van der Waals surface area contributed by atoms with E-state index in [4.69, 9.17) is 16.3 Å². The van der Waals surface area contributed by atoms with Crippen LogP contribution < -0.4 is 16.0 Å². The summed E-state index contributed by atoms with van der Waals surface area (Å²) in [6.07, 6.45) is -4.99. The van der Waals surface area contributed by atoms with Crippen LogP contribution in [0.1, 0.15) is 5.69 Å². The van der Waals surface area contributed by atoms with Gasteiger partial charge in [0, 0.05) is 24.3 Å². The molecule has 0 aliphatic rings. The molecule has 0 aliphatic carbocycles. The third kappa shape index (κ3) is 4.17. The quantitative estimate of drug-likeness (QED) is 0.370. The molecule has 0 atom stereocenters. The summed E-state index contributed by atoms with van der Waals surface area (Å²) in [5.41, 5.74) is -5.50. The van der Waals surface area contributed by atoms with Crippen molar-refractivity contribution in [1.82, 2.24) is 9.55 Å². The summed E-state index contributed by atoms with van der Waals surface area (Å²) in [7, 11) is 0. The van der Waals surface area contributed by atoms with E-state index in [1.807, 2.05) is 0 Å². The molecule has 0 saturated heterocycles.